The normalized spacial score (nSPS) is 10.4. The van der Waals surface area contributed by atoms with Crippen molar-refractivity contribution in [2.24, 2.45) is 0 Å². The molecule has 0 atom stereocenters. The highest BCUT2D eigenvalue weighted by molar-refractivity contribution is 6.09. The molecule has 3 aromatic rings. The minimum Gasteiger partial charge on any atom is -0.497 e. The molecule has 3 aromatic carbocycles. The van der Waals surface area contributed by atoms with E-state index >= 15 is 0 Å². The van der Waals surface area contributed by atoms with E-state index in [2.05, 4.69) is 5.32 Å². The van der Waals surface area contributed by atoms with E-state index in [1.807, 2.05) is 30.3 Å². The van der Waals surface area contributed by atoms with Crippen LogP contribution >= 0.6 is 0 Å². The number of benzene rings is 3. The number of hydrogen-bond acceptors (Lipinski definition) is 3. The van der Waals surface area contributed by atoms with Gasteiger partial charge in [0.2, 0.25) is 0 Å². The third-order valence-electron chi connectivity index (χ3n) is 4.74. The van der Waals surface area contributed by atoms with Crippen LogP contribution in [-0.4, -0.2) is 37.4 Å². The number of likely N-dealkylation sites (N-methyl/N-ethyl adjacent to an activating group) is 1. The molecule has 154 valence electrons. The molecular formula is C24H23FN2O3. The largest absolute Gasteiger partial charge is 0.497 e. The number of carbonyl (C=O) groups excluding carboxylic acids is 2. The second kappa shape index (κ2) is 9.69. The molecule has 0 spiro atoms. The molecule has 0 aliphatic carbocycles. The maximum Gasteiger partial charge on any atom is 0.255 e. The molecule has 0 unspecified atom stereocenters. The van der Waals surface area contributed by atoms with Crippen molar-refractivity contribution in [1.82, 2.24) is 4.90 Å². The molecule has 5 nitrogen and oxygen atoms in total. The Labute approximate surface area is 175 Å². The van der Waals surface area contributed by atoms with Crippen molar-refractivity contribution in [2.75, 3.05) is 26.0 Å². The predicted octanol–water partition coefficient (Wildman–Crippen LogP) is 4.40. The Morgan fingerprint density at radius 3 is 2.37 bits per heavy atom. The van der Waals surface area contributed by atoms with Gasteiger partial charge < -0.3 is 15.0 Å². The molecule has 0 aromatic heterocycles. The van der Waals surface area contributed by atoms with Crippen LogP contribution in [0.5, 0.6) is 5.75 Å². The quantitative estimate of drug-likeness (QED) is 0.633. The molecular weight excluding hydrogens is 383 g/mol. The summed E-state index contributed by atoms with van der Waals surface area (Å²) >= 11 is 0. The third-order valence-corrected chi connectivity index (χ3v) is 4.74. The van der Waals surface area contributed by atoms with Crippen LogP contribution in [0.3, 0.4) is 0 Å². The Kier molecular flexibility index (Phi) is 6.80. The van der Waals surface area contributed by atoms with Crippen molar-refractivity contribution in [3.63, 3.8) is 0 Å². The van der Waals surface area contributed by atoms with E-state index < -0.39 is 11.7 Å². The van der Waals surface area contributed by atoms with E-state index in [9.17, 15) is 14.0 Å². The zero-order valence-corrected chi connectivity index (χ0v) is 16.9. The molecule has 3 rings (SSSR count). The van der Waals surface area contributed by atoms with E-state index in [4.69, 9.17) is 4.74 Å². The van der Waals surface area contributed by atoms with E-state index in [1.165, 1.54) is 19.2 Å². The second-order valence-corrected chi connectivity index (χ2v) is 6.83. The summed E-state index contributed by atoms with van der Waals surface area (Å²) < 4.78 is 18.9. The fourth-order valence-electron chi connectivity index (χ4n) is 2.99. The standard InChI is InChI=1S/C24H23FN2O3/c1-27(15-14-17-6-4-3-5-7-17)24(29)21-13-10-19(25)16-22(21)26-23(28)18-8-11-20(30-2)12-9-18/h3-13,16H,14-15H2,1-2H3,(H,26,28). The fourth-order valence-corrected chi connectivity index (χ4v) is 2.99. The molecule has 0 bridgehead atoms. The van der Waals surface area contributed by atoms with E-state index in [-0.39, 0.29) is 17.2 Å². The van der Waals surface area contributed by atoms with Crippen LogP contribution in [-0.2, 0) is 6.42 Å². The number of hydrogen-bond donors (Lipinski definition) is 1. The SMILES string of the molecule is COc1ccc(C(=O)Nc2cc(F)ccc2C(=O)N(C)CCc2ccccc2)cc1. The molecule has 0 saturated carbocycles. The topological polar surface area (TPSA) is 58.6 Å². The molecule has 6 heteroatoms. The maximum absolute atomic E-state index is 13.8. The van der Waals surface area contributed by atoms with Gasteiger partial charge in [-0.15, -0.1) is 0 Å². The van der Waals surface area contributed by atoms with Crippen LogP contribution in [0.1, 0.15) is 26.3 Å². The first-order valence-corrected chi connectivity index (χ1v) is 9.52. The van der Waals surface area contributed by atoms with Crippen molar-refractivity contribution >= 4 is 17.5 Å². The number of carbonyl (C=O) groups is 2. The zero-order chi connectivity index (χ0) is 21.5. The van der Waals surface area contributed by atoms with Crippen LogP contribution in [0, 0.1) is 5.82 Å². The molecule has 0 aliphatic heterocycles. The Morgan fingerprint density at radius 1 is 1.00 bits per heavy atom. The molecule has 1 N–H and O–H groups in total. The van der Waals surface area contributed by atoms with Gasteiger partial charge in [-0.1, -0.05) is 30.3 Å². The highest BCUT2D eigenvalue weighted by Crippen LogP contribution is 2.21. The number of methoxy groups -OCH3 is 1. The van der Waals surface area contributed by atoms with Crippen LogP contribution in [0.4, 0.5) is 10.1 Å². The molecule has 0 heterocycles. The predicted molar refractivity (Wildman–Crippen MR) is 114 cm³/mol. The highest BCUT2D eigenvalue weighted by atomic mass is 19.1. The smallest absolute Gasteiger partial charge is 0.255 e. The first kappa shape index (κ1) is 21.0. The number of halogens is 1. The number of nitrogens with zero attached hydrogens (tertiary/aromatic N) is 1. The first-order valence-electron chi connectivity index (χ1n) is 9.52. The number of amides is 2. The number of ether oxygens (including phenoxy) is 1. The van der Waals surface area contributed by atoms with Gasteiger partial charge in [-0.3, -0.25) is 9.59 Å². The summed E-state index contributed by atoms with van der Waals surface area (Å²) in [6.45, 7) is 0.492. The van der Waals surface area contributed by atoms with Crippen molar-refractivity contribution in [1.29, 1.82) is 0 Å². The summed E-state index contributed by atoms with van der Waals surface area (Å²) in [6, 6.07) is 20.1. The van der Waals surface area contributed by atoms with Crippen LogP contribution in [0.15, 0.2) is 72.8 Å². The van der Waals surface area contributed by atoms with Crippen LogP contribution in [0.25, 0.3) is 0 Å². The van der Waals surface area contributed by atoms with Gasteiger partial charge in [-0.25, -0.2) is 4.39 Å². The van der Waals surface area contributed by atoms with Gasteiger partial charge in [-0.2, -0.15) is 0 Å². The lowest BCUT2D eigenvalue weighted by Crippen LogP contribution is -2.30. The average molecular weight is 406 g/mol. The highest BCUT2D eigenvalue weighted by Gasteiger charge is 2.18. The Balaban J connectivity index is 1.74. The lowest BCUT2D eigenvalue weighted by molar-refractivity contribution is 0.0797. The van der Waals surface area contributed by atoms with E-state index in [0.717, 1.165) is 11.6 Å². The van der Waals surface area contributed by atoms with Gasteiger partial charge in [-0.05, 0) is 54.4 Å². The van der Waals surface area contributed by atoms with E-state index in [1.54, 1.807) is 36.2 Å². The third kappa shape index (κ3) is 5.23. The first-order chi connectivity index (χ1) is 14.5. The summed E-state index contributed by atoms with van der Waals surface area (Å²) in [6.07, 6.45) is 0.692. The average Bonchev–Trinajstić information content (AvgIpc) is 2.78. The minimum absolute atomic E-state index is 0.132. The summed E-state index contributed by atoms with van der Waals surface area (Å²) in [5.74, 6) is -0.656. The molecule has 0 saturated heterocycles. The maximum atomic E-state index is 13.8. The number of nitrogens with one attached hydrogen (secondary N) is 1. The van der Waals surface area contributed by atoms with Gasteiger partial charge in [0.15, 0.2) is 0 Å². The van der Waals surface area contributed by atoms with Gasteiger partial charge >= 0.3 is 0 Å². The lowest BCUT2D eigenvalue weighted by Gasteiger charge is -2.19. The summed E-state index contributed by atoms with van der Waals surface area (Å²) in [5.41, 5.74) is 1.85. The minimum atomic E-state index is -0.538. The summed E-state index contributed by atoms with van der Waals surface area (Å²) in [5, 5.41) is 2.65. The molecule has 0 fully saturated rings. The Hall–Kier alpha value is -3.67. The molecule has 0 radical (unpaired) electrons. The molecule has 2 amide bonds. The summed E-state index contributed by atoms with van der Waals surface area (Å²) in [7, 11) is 3.22. The summed E-state index contributed by atoms with van der Waals surface area (Å²) in [4.78, 5) is 27.1. The van der Waals surface area contributed by atoms with Gasteiger partial charge in [0.25, 0.3) is 11.8 Å². The van der Waals surface area contributed by atoms with Crippen molar-refractivity contribution in [3.05, 3.63) is 95.3 Å². The zero-order valence-electron chi connectivity index (χ0n) is 16.9. The van der Waals surface area contributed by atoms with Gasteiger partial charge in [0, 0.05) is 19.2 Å². The van der Waals surface area contributed by atoms with Crippen LogP contribution < -0.4 is 10.1 Å². The van der Waals surface area contributed by atoms with Crippen LogP contribution in [0.2, 0.25) is 0 Å². The Bertz CT molecular complexity index is 1020. The van der Waals surface area contributed by atoms with Crippen molar-refractivity contribution in [2.45, 2.75) is 6.42 Å². The van der Waals surface area contributed by atoms with Crippen molar-refractivity contribution in [3.8, 4) is 5.75 Å². The van der Waals surface area contributed by atoms with Crippen molar-refractivity contribution < 1.29 is 18.7 Å². The van der Waals surface area contributed by atoms with Gasteiger partial charge in [0.05, 0.1) is 18.4 Å². The molecule has 30 heavy (non-hydrogen) atoms. The number of rotatable bonds is 7. The fraction of sp³-hybridized carbons (Fsp3) is 0.167. The number of anilines is 1. The van der Waals surface area contributed by atoms with E-state index in [0.29, 0.717) is 24.3 Å². The Morgan fingerprint density at radius 2 is 1.70 bits per heavy atom. The second-order valence-electron chi connectivity index (χ2n) is 6.83. The van der Waals surface area contributed by atoms with Gasteiger partial charge in [0.1, 0.15) is 11.6 Å². The molecule has 0 aliphatic rings. The lowest BCUT2D eigenvalue weighted by atomic mass is 10.1. The monoisotopic (exact) mass is 406 g/mol.